The monoisotopic (exact) mass is 525 g/mol. The Hall–Kier alpha value is -1.92. The van der Waals surface area contributed by atoms with Crippen molar-refractivity contribution >= 4 is 25.7 Å². The number of ether oxygens (including phenoxy) is 2. The van der Waals surface area contributed by atoms with Gasteiger partial charge in [-0.25, -0.2) is 19.4 Å². The number of carbonyl (C=O) groups is 3. The molecule has 0 bridgehead atoms. The lowest BCUT2D eigenvalue weighted by molar-refractivity contribution is -0.263. The Morgan fingerprint density at radius 3 is 1.97 bits per heavy atom. The maximum absolute atomic E-state index is 13.3. The third-order valence-electron chi connectivity index (χ3n) is 4.54. The SMILES string of the molecule is CCCCOC(=O)N1CCN(C(=O)[C@H](CP(=O)(OOCC)OOCC)NC(=O)OC(C)(C)C)CC1. The highest BCUT2D eigenvalue weighted by molar-refractivity contribution is 7.53. The van der Waals surface area contributed by atoms with E-state index in [4.69, 9.17) is 28.6 Å². The highest BCUT2D eigenvalue weighted by atomic mass is 31.2. The molecular formula is C21H40N3O10P. The number of nitrogens with zero attached hydrogens (tertiary/aromatic N) is 2. The zero-order chi connectivity index (χ0) is 26.5. The Balaban J connectivity index is 2.93. The number of rotatable bonds is 13. The first kappa shape index (κ1) is 31.1. The van der Waals surface area contributed by atoms with Crippen LogP contribution in [-0.4, -0.2) is 91.7 Å². The van der Waals surface area contributed by atoms with E-state index in [1.807, 2.05) is 6.92 Å². The summed E-state index contributed by atoms with van der Waals surface area (Å²) in [4.78, 5) is 50.5. The molecule has 14 heteroatoms. The molecule has 13 nitrogen and oxygen atoms in total. The van der Waals surface area contributed by atoms with Gasteiger partial charge in [-0.05, 0) is 41.0 Å². The molecule has 1 N–H and O–H groups in total. The van der Waals surface area contributed by atoms with Gasteiger partial charge in [0.15, 0.2) is 0 Å². The van der Waals surface area contributed by atoms with Crippen LogP contribution in [0.25, 0.3) is 0 Å². The van der Waals surface area contributed by atoms with E-state index < -0.39 is 43.5 Å². The molecule has 1 saturated heterocycles. The second-order valence-electron chi connectivity index (χ2n) is 8.73. The number of alkyl carbamates (subject to hydrolysis) is 1. The fraction of sp³-hybridized carbons (Fsp3) is 0.857. The van der Waals surface area contributed by atoms with Crippen molar-refractivity contribution in [3.8, 4) is 0 Å². The highest BCUT2D eigenvalue weighted by Crippen LogP contribution is 2.49. The van der Waals surface area contributed by atoms with E-state index in [0.29, 0.717) is 6.61 Å². The predicted octanol–water partition coefficient (Wildman–Crippen LogP) is 3.09. The molecule has 3 amide bonds. The van der Waals surface area contributed by atoms with Gasteiger partial charge in [-0.1, -0.05) is 13.3 Å². The van der Waals surface area contributed by atoms with Gasteiger partial charge in [0.05, 0.1) is 26.0 Å². The summed E-state index contributed by atoms with van der Waals surface area (Å²) in [6, 6.07) is -1.33. The topological polar surface area (TPSA) is 142 Å². The Bertz CT molecular complexity index is 711. The molecule has 35 heavy (non-hydrogen) atoms. The van der Waals surface area contributed by atoms with Crippen LogP contribution in [0.1, 0.15) is 54.4 Å². The number of hydrogen-bond donors (Lipinski definition) is 1. The minimum atomic E-state index is -4.11. The van der Waals surface area contributed by atoms with Crippen molar-refractivity contribution in [1.29, 1.82) is 0 Å². The van der Waals surface area contributed by atoms with Crippen LogP contribution in [-0.2, 0) is 38.0 Å². The summed E-state index contributed by atoms with van der Waals surface area (Å²) < 4.78 is 33.4. The van der Waals surface area contributed by atoms with Gasteiger partial charge in [-0.3, -0.25) is 9.36 Å². The maximum Gasteiger partial charge on any atom is 0.409 e. The van der Waals surface area contributed by atoms with Crippen molar-refractivity contribution in [3.05, 3.63) is 0 Å². The summed E-state index contributed by atoms with van der Waals surface area (Å²) in [5.41, 5.74) is -0.825. The molecule has 1 atom stereocenters. The van der Waals surface area contributed by atoms with Gasteiger partial charge >= 0.3 is 19.8 Å². The van der Waals surface area contributed by atoms with Gasteiger partial charge < -0.3 is 24.6 Å². The van der Waals surface area contributed by atoms with Crippen molar-refractivity contribution in [2.75, 3.05) is 52.2 Å². The van der Waals surface area contributed by atoms with Crippen LogP contribution >= 0.6 is 7.60 Å². The number of hydrogen-bond acceptors (Lipinski definition) is 10. The summed E-state index contributed by atoms with van der Waals surface area (Å²) in [7, 11) is -4.11. The average Bonchev–Trinajstić information content (AvgIpc) is 2.79. The summed E-state index contributed by atoms with van der Waals surface area (Å²) in [6.07, 6.45) is -0.201. The molecule has 0 radical (unpaired) electrons. The number of unbranched alkanes of at least 4 members (excludes halogenated alkanes) is 1. The molecule has 204 valence electrons. The van der Waals surface area contributed by atoms with Gasteiger partial charge in [0.2, 0.25) is 5.91 Å². The minimum absolute atomic E-state index is 0.0634. The maximum atomic E-state index is 13.3. The molecule has 1 aliphatic rings. The second-order valence-corrected chi connectivity index (χ2v) is 10.6. The number of nitrogens with one attached hydrogen (secondary N) is 1. The van der Waals surface area contributed by atoms with Crippen LogP contribution in [0, 0.1) is 0 Å². The third kappa shape index (κ3) is 12.0. The van der Waals surface area contributed by atoms with Crippen molar-refractivity contribution < 1.29 is 47.5 Å². The van der Waals surface area contributed by atoms with Gasteiger partial charge in [-0.2, -0.15) is 0 Å². The zero-order valence-corrected chi connectivity index (χ0v) is 22.5. The summed E-state index contributed by atoms with van der Waals surface area (Å²) >= 11 is 0. The molecule has 0 unspecified atom stereocenters. The lowest BCUT2D eigenvalue weighted by Crippen LogP contribution is -2.57. The first-order chi connectivity index (χ1) is 16.4. The summed E-state index contributed by atoms with van der Waals surface area (Å²) in [5, 5.41) is 2.45. The molecule has 0 aromatic heterocycles. The largest absolute Gasteiger partial charge is 0.449 e. The highest BCUT2D eigenvalue weighted by Gasteiger charge is 2.39. The molecule has 0 aliphatic carbocycles. The fourth-order valence-electron chi connectivity index (χ4n) is 2.92. The van der Waals surface area contributed by atoms with Crippen LogP contribution in [0.4, 0.5) is 9.59 Å². The van der Waals surface area contributed by atoms with Crippen molar-refractivity contribution in [2.45, 2.75) is 66.0 Å². The molecular weight excluding hydrogens is 485 g/mol. The standard InChI is InChI=1S/C21H40N3O10P/c1-7-10-15-29-20(27)24-13-11-23(12-14-24)18(25)17(22-19(26)32-21(4,5)6)16-35(28,33-30-8-2)34-31-9-3/h17H,7-16H2,1-6H3,(H,22,26)/t17-/m0/s1. The number of piperazine rings is 1. The molecule has 1 heterocycles. The minimum Gasteiger partial charge on any atom is -0.449 e. The van der Waals surface area contributed by atoms with Gasteiger partial charge in [-0.15, -0.1) is 9.35 Å². The number of carbonyl (C=O) groups excluding carboxylic acids is 3. The van der Waals surface area contributed by atoms with E-state index in [0.717, 1.165) is 12.8 Å². The summed E-state index contributed by atoms with van der Waals surface area (Å²) in [6.45, 7) is 11.6. The Kier molecular flexibility index (Phi) is 13.6. The van der Waals surface area contributed by atoms with Crippen LogP contribution in [0.3, 0.4) is 0 Å². The molecule has 0 spiro atoms. The fourth-order valence-corrected chi connectivity index (χ4v) is 4.30. The predicted molar refractivity (Wildman–Crippen MR) is 125 cm³/mol. The molecule has 1 rings (SSSR count). The molecule has 0 aromatic carbocycles. The molecule has 1 aliphatic heterocycles. The first-order valence-electron chi connectivity index (χ1n) is 11.9. The van der Waals surface area contributed by atoms with E-state index in [-0.39, 0.29) is 39.4 Å². The van der Waals surface area contributed by atoms with Gasteiger partial charge in [0.25, 0.3) is 0 Å². The quantitative estimate of drug-likeness (QED) is 0.165. The summed E-state index contributed by atoms with van der Waals surface area (Å²) in [5.74, 6) is -0.546. The van der Waals surface area contributed by atoms with E-state index in [2.05, 4.69) is 5.32 Å². The Morgan fingerprint density at radius 2 is 1.49 bits per heavy atom. The Labute approximate surface area is 207 Å². The van der Waals surface area contributed by atoms with Gasteiger partial charge in [0.1, 0.15) is 11.6 Å². The van der Waals surface area contributed by atoms with E-state index in [1.165, 1.54) is 9.80 Å². The van der Waals surface area contributed by atoms with Gasteiger partial charge in [0, 0.05) is 26.2 Å². The van der Waals surface area contributed by atoms with Crippen molar-refractivity contribution in [3.63, 3.8) is 0 Å². The van der Waals surface area contributed by atoms with Crippen molar-refractivity contribution in [2.24, 2.45) is 0 Å². The van der Waals surface area contributed by atoms with E-state index >= 15 is 0 Å². The normalized spacial score (nSPS) is 15.5. The molecule has 1 fully saturated rings. The molecule has 0 aromatic rings. The Morgan fingerprint density at radius 1 is 0.943 bits per heavy atom. The van der Waals surface area contributed by atoms with Crippen molar-refractivity contribution in [1.82, 2.24) is 15.1 Å². The smallest absolute Gasteiger partial charge is 0.409 e. The van der Waals surface area contributed by atoms with Crippen LogP contribution in [0.5, 0.6) is 0 Å². The second kappa shape index (κ2) is 15.2. The molecule has 0 saturated carbocycles. The van der Waals surface area contributed by atoms with E-state index in [9.17, 15) is 18.9 Å². The lowest BCUT2D eigenvalue weighted by Gasteiger charge is -2.36. The average molecular weight is 526 g/mol. The first-order valence-corrected chi connectivity index (χ1v) is 13.6. The van der Waals surface area contributed by atoms with Crippen LogP contribution in [0.2, 0.25) is 0 Å². The van der Waals surface area contributed by atoms with Crippen LogP contribution in [0.15, 0.2) is 0 Å². The third-order valence-corrected chi connectivity index (χ3v) is 6.01. The zero-order valence-electron chi connectivity index (χ0n) is 21.6. The van der Waals surface area contributed by atoms with E-state index in [1.54, 1.807) is 34.6 Å². The lowest BCUT2D eigenvalue weighted by atomic mass is 10.2. The number of amides is 3. The van der Waals surface area contributed by atoms with Crippen LogP contribution < -0.4 is 5.32 Å².